The SMILES string of the molecule is CCC(=O)Nc1cc(C(=O)NC(C)c2cc(C)cc(OCC(F)F)c2)ccn1. The molecule has 1 atom stereocenters. The van der Waals surface area contributed by atoms with E-state index in [-0.39, 0.29) is 17.9 Å². The van der Waals surface area contributed by atoms with E-state index >= 15 is 0 Å². The molecule has 0 fully saturated rings. The first-order valence-corrected chi connectivity index (χ1v) is 8.87. The molecule has 0 aliphatic carbocycles. The molecule has 150 valence electrons. The monoisotopic (exact) mass is 391 g/mol. The quantitative estimate of drug-likeness (QED) is 0.716. The lowest BCUT2D eigenvalue weighted by molar-refractivity contribution is -0.115. The fourth-order valence-electron chi connectivity index (χ4n) is 2.50. The van der Waals surface area contributed by atoms with Crippen LogP contribution >= 0.6 is 0 Å². The van der Waals surface area contributed by atoms with Gasteiger partial charge in [0.25, 0.3) is 12.3 Å². The van der Waals surface area contributed by atoms with Gasteiger partial charge in [0.05, 0.1) is 6.04 Å². The molecule has 1 unspecified atom stereocenters. The Balaban J connectivity index is 2.10. The Bertz CT molecular complexity index is 843. The van der Waals surface area contributed by atoms with Crippen molar-refractivity contribution in [1.29, 1.82) is 0 Å². The average Bonchev–Trinajstić information content (AvgIpc) is 2.66. The zero-order valence-corrected chi connectivity index (χ0v) is 16.0. The predicted octanol–water partition coefficient (Wildman–Crippen LogP) is 3.87. The summed E-state index contributed by atoms with van der Waals surface area (Å²) in [6, 6.07) is 7.77. The van der Waals surface area contributed by atoms with Crippen LogP contribution in [0.5, 0.6) is 5.75 Å². The van der Waals surface area contributed by atoms with Crippen molar-refractivity contribution in [2.45, 2.75) is 39.7 Å². The molecule has 6 nitrogen and oxygen atoms in total. The zero-order chi connectivity index (χ0) is 20.7. The lowest BCUT2D eigenvalue weighted by Crippen LogP contribution is -2.27. The first kappa shape index (κ1) is 21.3. The van der Waals surface area contributed by atoms with E-state index in [4.69, 9.17) is 4.74 Å². The summed E-state index contributed by atoms with van der Waals surface area (Å²) in [5.41, 5.74) is 1.90. The Kier molecular flexibility index (Phi) is 7.43. The van der Waals surface area contributed by atoms with Crippen LogP contribution < -0.4 is 15.4 Å². The minimum absolute atomic E-state index is 0.200. The van der Waals surface area contributed by atoms with E-state index < -0.39 is 13.0 Å². The molecule has 28 heavy (non-hydrogen) atoms. The summed E-state index contributed by atoms with van der Waals surface area (Å²) in [7, 11) is 0. The van der Waals surface area contributed by atoms with Crippen molar-refractivity contribution < 1.29 is 23.1 Å². The fraction of sp³-hybridized carbons (Fsp3) is 0.350. The third-order valence-corrected chi connectivity index (χ3v) is 3.91. The molecule has 8 heteroatoms. The summed E-state index contributed by atoms with van der Waals surface area (Å²) in [5, 5.41) is 5.45. The summed E-state index contributed by atoms with van der Waals surface area (Å²) in [6.45, 7) is 4.63. The standard InChI is InChI=1S/C20H23F2N3O3/c1-4-19(26)25-18-10-14(5-6-23-18)20(27)24-13(3)15-7-12(2)8-16(9-15)28-11-17(21)22/h5-10,13,17H,4,11H2,1-3H3,(H,24,27)(H,23,25,26). The van der Waals surface area contributed by atoms with Crippen molar-refractivity contribution in [3.05, 3.63) is 53.2 Å². The van der Waals surface area contributed by atoms with Crippen molar-refractivity contribution in [1.82, 2.24) is 10.3 Å². The van der Waals surface area contributed by atoms with Gasteiger partial charge in [-0.25, -0.2) is 13.8 Å². The van der Waals surface area contributed by atoms with E-state index in [0.29, 0.717) is 23.6 Å². The molecule has 1 heterocycles. The summed E-state index contributed by atoms with van der Waals surface area (Å²) >= 11 is 0. The van der Waals surface area contributed by atoms with Crippen molar-refractivity contribution in [2.24, 2.45) is 0 Å². The topological polar surface area (TPSA) is 80.3 Å². The minimum Gasteiger partial charge on any atom is -0.488 e. The van der Waals surface area contributed by atoms with Crippen LogP contribution in [0.4, 0.5) is 14.6 Å². The molecule has 2 N–H and O–H groups in total. The number of benzene rings is 1. The maximum Gasteiger partial charge on any atom is 0.272 e. The maximum absolute atomic E-state index is 12.5. The van der Waals surface area contributed by atoms with E-state index in [1.165, 1.54) is 18.3 Å². The largest absolute Gasteiger partial charge is 0.488 e. The van der Waals surface area contributed by atoms with Gasteiger partial charge in [0.2, 0.25) is 5.91 Å². The molecule has 0 aliphatic heterocycles. The number of halogens is 2. The Morgan fingerprint density at radius 2 is 1.96 bits per heavy atom. The van der Waals surface area contributed by atoms with Crippen molar-refractivity contribution in [3.63, 3.8) is 0 Å². The number of ether oxygens (including phenoxy) is 1. The molecule has 2 rings (SSSR count). The molecular formula is C20H23F2N3O3. The summed E-state index contributed by atoms with van der Waals surface area (Å²) < 4.78 is 29.8. The minimum atomic E-state index is -2.56. The number of alkyl halides is 2. The molecule has 0 radical (unpaired) electrons. The smallest absolute Gasteiger partial charge is 0.272 e. The molecule has 1 aromatic carbocycles. The van der Waals surface area contributed by atoms with Crippen LogP contribution in [0.2, 0.25) is 0 Å². The van der Waals surface area contributed by atoms with Crippen LogP contribution in [-0.4, -0.2) is 29.8 Å². The highest BCUT2D eigenvalue weighted by Crippen LogP contribution is 2.23. The van der Waals surface area contributed by atoms with Crippen molar-refractivity contribution in [2.75, 3.05) is 11.9 Å². The Labute approximate surface area is 162 Å². The number of hydrogen-bond acceptors (Lipinski definition) is 4. The maximum atomic E-state index is 12.5. The van der Waals surface area contributed by atoms with Gasteiger partial charge < -0.3 is 15.4 Å². The third-order valence-electron chi connectivity index (χ3n) is 3.91. The van der Waals surface area contributed by atoms with Crippen LogP contribution in [0.3, 0.4) is 0 Å². The van der Waals surface area contributed by atoms with Gasteiger partial charge in [0.15, 0.2) is 0 Å². The van der Waals surface area contributed by atoms with Gasteiger partial charge in [-0.15, -0.1) is 0 Å². The second kappa shape index (κ2) is 9.77. The Morgan fingerprint density at radius 1 is 1.21 bits per heavy atom. The highest BCUT2D eigenvalue weighted by Gasteiger charge is 2.14. The first-order chi connectivity index (χ1) is 13.3. The van der Waals surface area contributed by atoms with Gasteiger partial charge >= 0.3 is 0 Å². The molecule has 2 amide bonds. The predicted molar refractivity (Wildman–Crippen MR) is 102 cm³/mol. The summed E-state index contributed by atoms with van der Waals surface area (Å²) in [6.07, 6.45) is -0.818. The second-order valence-electron chi connectivity index (χ2n) is 6.31. The van der Waals surface area contributed by atoms with Gasteiger partial charge in [-0.3, -0.25) is 9.59 Å². The number of carbonyl (C=O) groups is 2. The summed E-state index contributed by atoms with van der Waals surface area (Å²) in [4.78, 5) is 28.0. The van der Waals surface area contributed by atoms with E-state index in [2.05, 4.69) is 15.6 Å². The van der Waals surface area contributed by atoms with Crippen LogP contribution in [0, 0.1) is 6.92 Å². The number of nitrogens with one attached hydrogen (secondary N) is 2. The lowest BCUT2D eigenvalue weighted by Gasteiger charge is -2.17. The molecule has 0 bridgehead atoms. The van der Waals surface area contributed by atoms with Gasteiger partial charge in [-0.2, -0.15) is 0 Å². The van der Waals surface area contributed by atoms with Crippen LogP contribution in [0.1, 0.15) is 47.8 Å². The molecule has 0 saturated heterocycles. The Morgan fingerprint density at radius 3 is 2.64 bits per heavy atom. The van der Waals surface area contributed by atoms with Crippen LogP contribution in [-0.2, 0) is 4.79 Å². The molecule has 0 spiro atoms. The molecule has 1 aromatic heterocycles. The number of aromatic nitrogens is 1. The summed E-state index contributed by atoms with van der Waals surface area (Å²) in [5.74, 6) is 0.0724. The van der Waals surface area contributed by atoms with E-state index in [1.807, 2.05) is 13.0 Å². The number of pyridine rings is 1. The number of rotatable bonds is 8. The van der Waals surface area contributed by atoms with Gasteiger partial charge in [-0.1, -0.05) is 13.0 Å². The number of hydrogen-bond donors (Lipinski definition) is 2. The molecule has 2 aromatic rings. The van der Waals surface area contributed by atoms with E-state index in [9.17, 15) is 18.4 Å². The van der Waals surface area contributed by atoms with Crippen LogP contribution in [0.15, 0.2) is 36.5 Å². The first-order valence-electron chi connectivity index (χ1n) is 8.87. The highest BCUT2D eigenvalue weighted by molar-refractivity contribution is 5.96. The number of anilines is 1. The normalized spacial score (nSPS) is 11.8. The number of aryl methyl sites for hydroxylation is 1. The van der Waals surface area contributed by atoms with E-state index in [0.717, 1.165) is 11.1 Å². The fourth-order valence-corrected chi connectivity index (χ4v) is 2.50. The van der Waals surface area contributed by atoms with Gasteiger partial charge in [-0.05, 0) is 49.2 Å². The van der Waals surface area contributed by atoms with Crippen LogP contribution in [0.25, 0.3) is 0 Å². The van der Waals surface area contributed by atoms with Crippen molar-refractivity contribution >= 4 is 17.6 Å². The molecule has 0 saturated carbocycles. The number of carbonyl (C=O) groups excluding carboxylic acids is 2. The third kappa shape index (κ3) is 6.29. The van der Waals surface area contributed by atoms with Crippen molar-refractivity contribution in [3.8, 4) is 5.75 Å². The van der Waals surface area contributed by atoms with Gasteiger partial charge in [0.1, 0.15) is 18.2 Å². The molecule has 0 aliphatic rings. The highest BCUT2D eigenvalue weighted by atomic mass is 19.3. The Hall–Kier alpha value is -3.03. The van der Waals surface area contributed by atoms with Gasteiger partial charge in [0, 0.05) is 18.2 Å². The number of amides is 2. The average molecular weight is 391 g/mol. The number of nitrogens with zero attached hydrogens (tertiary/aromatic N) is 1. The second-order valence-corrected chi connectivity index (χ2v) is 6.31. The lowest BCUT2D eigenvalue weighted by atomic mass is 10.0. The van der Waals surface area contributed by atoms with E-state index in [1.54, 1.807) is 26.0 Å². The molecular weight excluding hydrogens is 368 g/mol. The zero-order valence-electron chi connectivity index (χ0n) is 16.0.